The molecule has 2 saturated heterocycles. The van der Waals surface area contributed by atoms with Crippen molar-refractivity contribution in [3.05, 3.63) is 24.3 Å². The Balaban J connectivity index is 1.80. The number of rotatable bonds is 6. The molecular formula is C18H22N2O8S. The molecule has 0 unspecified atom stereocenters. The van der Waals surface area contributed by atoms with Crippen molar-refractivity contribution in [2.24, 2.45) is 0 Å². The van der Waals surface area contributed by atoms with Crippen LogP contribution in [0, 0.1) is 0 Å². The van der Waals surface area contributed by atoms with Gasteiger partial charge in [-0.15, -0.1) is 0 Å². The monoisotopic (exact) mass is 426 g/mol. The number of hydrogen-bond donors (Lipinski definition) is 1. The number of nitrogens with zero attached hydrogens (tertiary/aromatic N) is 2. The summed E-state index contributed by atoms with van der Waals surface area (Å²) in [7, 11) is -3.58. The van der Waals surface area contributed by atoms with Crippen molar-refractivity contribution in [1.29, 1.82) is 0 Å². The molecule has 2 fully saturated rings. The third kappa shape index (κ3) is 4.41. The maximum Gasteiger partial charge on any atom is 0.348 e. The van der Waals surface area contributed by atoms with E-state index in [1.54, 1.807) is 0 Å². The first kappa shape index (κ1) is 21.2. The van der Waals surface area contributed by atoms with Crippen molar-refractivity contribution >= 4 is 33.6 Å². The predicted octanol–water partition coefficient (Wildman–Crippen LogP) is 0.219. The van der Waals surface area contributed by atoms with Crippen molar-refractivity contribution in [3.8, 4) is 0 Å². The van der Waals surface area contributed by atoms with Crippen LogP contribution in [0.2, 0.25) is 0 Å². The fraction of sp³-hybridized carbons (Fsp3) is 0.500. The van der Waals surface area contributed by atoms with Crippen LogP contribution in [0.1, 0.15) is 19.8 Å². The van der Waals surface area contributed by atoms with Gasteiger partial charge in [0, 0.05) is 32.2 Å². The molecule has 2 heterocycles. The second kappa shape index (κ2) is 8.47. The normalized spacial score (nSPS) is 21.8. The molecule has 1 aromatic rings. The van der Waals surface area contributed by atoms with Crippen molar-refractivity contribution in [2.75, 3.05) is 31.1 Å². The van der Waals surface area contributed by atoms with Crippen molar-refractivity contribution < 1.29 is 37.4 Å². The summed E-state index contributed by atoms with van der Waals surface area (Å²) in [5.41, 5.74) is 0.399. The summed E-state index contributed by atoms with van der Waals surface area (Å²) in [5, 5.41) is 9.28. The minimum atomic E-state index is -3.58. The van der Waals surface area contributed by atoms with E-state index in [4.69, 9.17) is 9.47 Å². The van der Waals surface area contributed by atoms with Gasteiger partial charge in [-0.05, 0) is 37.1 Å². The molecule has 0 saturated carbocycles. The van der Waals surface area contributed by atoms with Crippen molar-refractivity contribution in [2.45, 2.75) is 36.9 Å². The lowest BCUT2D eigenvalue weighted by Gasteiger charge is -2.34. The lowest BCUT2D eigenvalue weighted by Crippen LogP contribution is -2.55. The van der Waals surface area contributed by atoms with Gasteiger partial charge < -0.3 is 19.5 Å². The Hall–Kier alpha value is -2.50. The van der Waals surface area contributed by atoms with Crippen LogP contribution in [0.5, 0.6) is 0 Å². The Morgan fingerprint density at radius 1 is 1.17 bits per heavy atom. The minimum absolute atomic E-state index is 0.0370. The summed E-state index contributed by atoms with van der Waals surface area (Å²) in [5.74, 6) is -3.02. The van der Waals surface area contributed by atoms with Gasteiger partial charge in [0.15, 0.2) is 6.10 Å². The number of carboxylic acids is 1. The average Bonchev–Trinajstić information content (AvgIpc) is 3.22. The van der Waals surface area contributed by atoms with Gasteiger partial charge in [0.05, 0.1) is 11.5 Å². The third-order valence-electron chi connectivity index (χ3n) is 4.78. The van der Waals surface area contributed by atoms with E-state index in [-0.39, 0.29) is 18.0 Å². The van der Waals surface area contributed by atoms with Gasteiger partial charge in [-0.25, -0.2) is 13.2 Å². The molecule has 0 spiro atoms. The second-order valence-electron chi connectivity index (χ2n) is 6.75. The first-order valence-electron chi connectivity index (χ1n) is 9.15. The number of benzene rings is 1. The first-order valence-corrected chi connectivity index (χ1v) is 10.6. The number of morpholine rings is 1. The van der Waals surface area contributed by atoms with Crippen LogP contribution in [0.15, 0.2) is 29.2 Å². The summed E-state index contributed by atoms with van der Waals surface area (Å²) in [6.45, 7) is 2.21. The summed E-state index contributed by atoms with van der Waals surface area (Å²) in [6, 6.07) is 5.82. The van der Waals surface area contributed by atoms with Gasteiger partial charge in [-0.2, -0.15) is 4.31 Å². The highest BCUT2D eigenvalue weighted by molar-refractivity contribution is 7.89. The summed E-state index contributed by atoms with van der Waals surface area (Å²) in [4.78, 5) is 36.8. The number of aliphatic carboxylic acids is 1. The van der Waals surface area contributed by atoms with Gasteiger partial charge in [-0.1, -0.05) is 0 Å². The van der Waals surface area contributed by atoms with E-state index in [1.807, 2.05) is 0 Å². The highest BCUT2D eigenvalue weighted by Crippen LogP contribution is 2.26. The van der Waals surface area contributed by atoms with Gasteiger partial charge >= 0.3 is 11.9 Å². The zero-order valence-electron chi connectivity index (χ0n) is 15.8. The van der Waals surface area contributed by atoms with Gasteiger partial charge in [0.25, 0.3) is 5.91 Å². The standard InChI is InChI=1S/C18H22N2O8S/c1-12(21)28-16(18(23)24)15-17(22)20(10-11-27-15)13-4-6-14(7-5-13)29(25,26)19-8-2-3-9-19/h4-7,15-16H,2-3,8-11H2,1H3,(H,23,24)/t15-,16-/m1/s1. The molecule has 0 aliphatic carbocycles. The third-order valence-corrected chi connectivity index (χ3v) is 6.70. The maximum atomic E-state index is 12.8. The van der Waals surface area contributed by atoms with E-state index in [0.717, 1.165) is 19.8 Å². The molecule has 2 atom stereocenters. The van der Waals surface area contributed by atoms with Crippen LogP contribution in [0.3, 0.4) is 0 Å². The number of anilines is 1. The van der Waals surface area contributed by atoms with Crippen LogP contribution in [-0.2, 0) is 33.9 Å². The first-order chi connectivity index (χ1) is 13.7. The van der Waals surface area contributed by atoms with Crippen molar-refractivity contribution in [1.82, 2.24) is 4.31 Å². The molecule has 11 heteroatoms. The number of carboxylic acid groups (broad SMARTS) is 1. The molecule has 0 bridgehead atoms. The van der Waals surface area contributed by atoms with Gasteiger partial charge in [0.1, 0.15) is 0 Å². The lowest BCUT2D eigenvalue weighted by molar-refractivity contribution is -0.177. The van der Waals surface area contributed by atoms with E-state index in [2.05, 4.69) is 0 Å². The Bertz CT molecular complexity index is 893. The minimum Gasteiger partial charge on any atom is -0.478 e. The number of ether oxygens (including phenoxy) is 2. The molecule has 158 valence electrons. The number of esters is 1. The van der Waals surface area contributed by atoms with Crippen LogP contribution in [0.4, 0.5) is 5.69 Å². The van der Waals surface area contributed by atoms with E-state index >= 15 is 0 Å². The lowest BCUT2D eigenvalue weighted by atomic mass is 10.1. The van der Waals surface area contributed by atoms with Crippen LogP contribution in [0.25, 0.3) is 0 Å². The molecule has 29 heavy (non-hydrogen) atoms. The van der Waals surface area contributed by atoms with Gasteiger partial charge in [-0.3, -0.25) is 9.59 Å². The molecule has 10 nitrogen and oxygen atoms in total. The molecule has 0 aromatic heterocycles. The number of amides is 1. The zero-order valence-corrected chi connectivity index (χ0v) is 16.6. The topological polar surface area (TPSA) is 131 Å². The SMILES string of the molecule is CC(=O)O[C@@H](C(=O)O)[C@H]1OCCN(c2ccc(S(=O)(=O)N3CCCC3)cc2)C1=O. The number of hydrogen-bond acceptors (Lipinski definition) is 7. The zero-order chi connectivity index (χ0) is 21.2. The Morgan fingerprint density at radius 2 is 1.79 bits per heavy atom. The number of carbonyl (C=O) groups excluding carboxylic acids is 2. The number of carbonyl (C=O) groups is 3. The summed E-state index contributed by atoms with van der Waals surface area (Å²) in [6.07, 6.45) is -1.60. The molecule has 2 aliphatic rings. The summed E-state index contributed by atoms with van der Waals surface area (Å²) >= 11 is 0. The molecule has 3 rings (SSSR count). The molecule has 0 radical (unpaired) electrons. The Morgan fingerprint density at radius 3 is 2.34 bits per heavy atom. The largest absolute Gasteiger partial charge is 0.478 e. The molecular weight excluding hydrogens is 404 g/mol. The second-order valence-corrected chi connectivity index (χ2v) is 8.69. The van der Waals surface area contributed by atoms with E-state index < -0.39 is 40.1 Å². The van der Waals surface area contributed by atoms with E-state index in [1.165, 1.54) is 33.5 Å². The van der Waals surface area contributed by atoms with E-state index in [0.29, 0.717) is 18.8 Å². The highest BCUT2D eigenvalue weighted by atomic mass is 32.2. The smallest absolute Gasteiger partial charge is 0.348 e. The quantitative estimate of drug-likeness (QED) is 0.639. The highest BCUT2D eigenvalue weighted by Gasteiger charge is 2.42. The van der Waals surface area contributed by atoms with Gasteiger partial charge in [0.2, 0.25) is 16.1 Å². The van der Waals surface area contributed by atoms with Crippen LogP contribution < -0.4 is 4.90 Å². The fourth-order valence-electron chi connectivity index (χ4n) is 3.38. The van der Waals surface area contributed by atoms with Crippen LogP contribution in [-0.4, -0.2) is 74.1 Å². The van der Waals surface area contributed by atoms with Crippen molar-refractivity contribution in [3.63, 3.8) is 0 Å². The maximum absolute atomic E-state index is 12.8. The Kier molecular flexibility index (Phi) is 6.20. The molecule has 1 amide bonds. The summed E-state index contributed by atoms with van der Waals surface area (Å²) < 4.78 is 36.6. The fourth-order valence-corrected chi connectivity index (χ4v) is 4.89. The molecule has 1 N–H and O–H groups in total. The average molecular weight is 426 g/mol. The molecule has 1 aromatic carbocycles. The van der Waals surface area contributed by atoms with E-state index in [9.17, 15) is 27.9 Å². The number of sulfonamides is 1. The Labute approximate surface area is 168 Å². The molecule has 2 aliphatic heterocycles. The van der Waals surface area contributed by atoms with Crippen LogP contribution >= 0.6 is 0 Å². The predicted molar refractivity (Wildman–Crippen MR) is 99.7 cm³/mol.